The van der Waals surface area contributed by atoms with Crippen molar-refractivity contribution in [1.29, 1.82) is 0 Å². The van der Waals surface area contributed by atoms with Crippen molar-refractivity contribution in [1.82, 2.24) is 5.32 Å². The van der Waals surface area contributed by atoms with E-state index in [1.165, 1.54) is 44.1 Å². The first-order valence-corrected chi connectivity index (χ1v) is 12.0. The highest BCUT2D eigenvalue weighted by molar-refractivity contribution is 6.39. The maximum Gasteiger partial charge on any atom is 0.335 e. The minimum Gasteiger partial charge on any atom is -0.273 e. The summed E-state index contributed by atoms with van der Waals surface area (Å²) in [5, 5.41) is 2.33. The maximum atomic E-state index is 13.2. The first kappa shape index (κ1) is 20.4. The number of aryl methyl sites for hydroxylation is 1. The molecule has 4 aliphatic carbocycles. The van der Waals surface area contributed by atoms with Crippen LogP contribution in [0.25, 0.3) is 6.08 Å². The molecule has 0 spiro atoms. The molecular formula is C28H28N2O3. The molecule has 5 aliphatic rings. The van der Waals surface area contributed by atoms with Gasteiger partial charge in [-0.15, -0.1) is 0 Å². The van der Waals surface area contributed by atoms with Crippen molar-refractivity contribution in [3.8, 4) is 0 Å². The SMILES string of the molecule is Cc1ccccc1/C=C1\C(=O)NC(=O)N(c2ccc(C34CC5CC(CC(C5)C3)C4)cc2)C1=O. The van der Waals surface area contributed by atoms with Gasteiger partial charge in [0.2, 0.25) is 0 Å². The van der Waals surface area contributed by atoms with Gasteiger partial charge >= 0.3 is 6.03 Å². The molecule has 7 rings (SSSR count). The van der Waals surface area contributed by atoms with Gasteiger partial charge in [-0.3, -0.25) is 14.9 Å². The molecule has 1 saturated heterocycles. The second kappa shape index (κ2) is 7.41. The quantitative estimate of drug-likeness (QED) is 0.532. The zero-order chi connectivity index (χ0) is 22.7. The first-order chi connectivity index (χ1) is 15.9. The zero-order valence-electron chi connectivity index (χ0n) is 18.8. The molecule has 33 heavy (non-hydrogen) atoms. The summed E-state index contributed by atoms with van der Waals surface area (Å²) in [7, 11) is 0. The Labute approximate surface area is 193 Å². The van der Waals surface area contributed by atoms with Crippen molar-refractivity contribution >= 4 is 29.6 Å². The molecule has 5 nitrogen and oxygen atoms in total. The number of hydrogen-bond acceptors (Lipinski definition) is 3. The van der Waals surface area contributed by atoms with E-state index in [9.17, 15) is 14.4 Å². The Morgan fingerprint density at radius 1 is 0.879 bits per heavy atom. The van der Waals surface area contributed by atoms with Gasteiger partial charge in [-0.2, -0.15) is 0 Å². The van der Waals surface area contributed by atoms with E-state index in [0.29, 0.717) is 5.69 Å². The molecule has 4 bridgehead atoms. The Morgan fingerprint density at radius 3 is 2.09 bits per heavy atom. The van der Waals surface area contributed by atoms with E-state index in [1.807, 2.05) is 43.3 Å². The normalized spacial score (nSPS) is 31.9. The third kappa shape index (κ3) is 3.33. The molecule has 4 saturated carbocycles. The highest BCUT2D eigenvalue weighted by atomic mass is 16.2. The van der Waals surface area contributed by atoms with Crippen LogP contribution in [-0.4, -0.2) is 17.8 Å². The molecule has 2 aromatic carbocycles. The lowest BCUT2D eigenvalue weighted by atomic mass is 9.48. The number of imide groups is 2. The number of barbiturate groups is 1. The molecule has 0 atom stereocenters. The lowest BCUT2D eigenvalue weighted by Gasteiger charge is -2.57. The average molecular weight is 441 g/mol. The molecule has 0 aromatic heterocycles. The Bertz CT molecular complexity index is 1160. The fraction of sp³-hybridized carbons (Fsp3) is 0.393. The standard InChI is InChI=1S/C28H28N2O3/c1-17-4-2-3-5-21(17)13-24-25(31)29-27(33)30(26(24)32)23-8-6-22(7-9-23)28-14-18-10-19(15-28)12-20(11-18)16-28/h2-9,13,18-20H,10-12,14-16H2,1H3,(H,29,31,33)/b24-13+. The average Bonchev–Trinajstić information content (AvgIpc) is 2.77. The summed E-state index contributed by atoms with van der Waals surface area (Å²) >= 11 is 0. The third-order valence-corrected chi connectivity index (χ3v) is 8.37. The molecule has 0 unspecified atom stereocenters. The molecule has 5 fully saturated rings. The summed E-state index contributed by atoms with van der Waals surface area (Å²) in [6.45, 7) is 1.92. The van der Waals surface area contributed by atoms with Crippen molar-refractivity contribution < 1.29 is 14.4 Å². The number of amides is 4. The maximum absolute atomic E-state index is 13.2. The molecule has 5 heteroatoms. The van der Waals surface area contributed by atoms with E-state index < -0.39 is 17.8 Å². The van der Waals surface area contributed by atoms with Crippen molar-refractivity contribution in [2.45, 2.75) is 50.9 Å². The largest absolute Gasteiger partial charge is 0.335 e. The van der Waals surface area contributed by atoms with E-state index in [2.05, 4.69) is 17.4 Å². The van der Waals surface area contributed by atoms with Gasteiger partial charge in [-0.05, 0) is 104 Å². The Hall–Kier alpha value is -3.21. The summed E-state index contributed by atoms with van der Waals surface area (Å²) in [4.78, 5) is 39.4. The Kier molecular flexibility index (Phi) is 4.58. The molecule has 1 N–H and O–H groups in total. The van der Waals surface area contributed by atoms with Crippen LogP contribution in [0.15, 0.2) is 54.1 Å². The highest BCUT2D eigenvalue weighted by Gasteiger charge is 2.51. The van der Waals surface area contributed by atoms with Crippen molar-refractivity contribution in [3.63, 3.8) is 0 Å². The second-order valence-corrected chi connectivity index (χ2v) is 10.6. The van der Waals surface area contributed by atoms with Crippen LogP contribution < -0.4 is 10.2 Å². The van der Waals surface area contributed by atoms with E-state index in [0.717, 1.165) is 33.8 Å². The summed E-state index contributed by atoms with van der Waals surface area (Å²) in [6, 6.07) is 14.8. The number of nitrogens with zero attached hydrogens (tertiary/aromatic N) is 1. The number of rotatable bonds is 3. The number of hydrogen-bond donors (Lipinski definition) is 1. The van der Waals surface area contributed by atoms with Crippen molar-refractivity contribution in [3.05, 3.63) is 70.8 Å². The molecule has 2 aromatic rings. The summed E-state index contributed by atoms with van der Waals surface area (Å²) in [5.74, 6) is 1.31. The predicted octanol–water partition coefficient (Wildman–Crippen LogP) is 5.13. The van der Waals surface area contributed by atoms with Crippen LogP contribution in [0.1, 0.15) is 55.2 Å². The molecule has 1 heterocycles. The van der Waals surface area contributed by atoms with Gasteiger partial charge < -0.3 is 0 Å². The van der Waals surface area contributed by atoms with Crippen LogP contribution >= 0.6 is 0 Å². The van der Waals surface area contributed by atoms with Gasteiger partial charge in [-0.25, -0.2) is 9.69 Å². The summed E-state index contributed by atoms with van der Waals surface area (Å²) in [6.07, 6.45) is 9.53. The third-order valence-electron chi connectivity index (χ3n) is 8.37. The first-order valence-electron chi connectivity index (χ1n) is 12.0. The van der Waals surface area contributed by atoms with E-state index in [1.54, 1.807) is 6.08 Å². The van der Waals surface area contributed by atoms with Gasteiger partial charge in [-0.1, -0.05) is 36.4 Å². The van der Waals surface area contributed by atoms with E-state index in [4.69, 9.17) is 0 Å². The minimum atomic E-state index is -0.700. The van der Waals surface area contributed by atoms with Crippen LogP contribution in [0.4, 0.5) is 10.5 Å². The molecule has 4 amide bonds. The number of benzene rings is 2. The van der Waals surface area contributed by atoms with E-state index in [-0.39, 0.29) is 11.0 Å². The van der Waals surface area contributed by atoms with Crippen LogP contribution in [0.3, 0.4) is 0 Å². The Morgan fingerprint density at radius 2 is 1.48 bits per heavy atom. The van der Waals surface area contributed by atoms with Gasteiger partial charge in [0.05, 0.1) is 5.69 Å². The smallest absolute Gasteiger partial charge is 0.273 e. The van der Waals surface area contributed by atoms with Gasteiger partial charge in [0.15, 0.2) is 0 Å². The predicted molar refractivity (Wildman–Crippen MR) is 126 cm³/mol. The number of carbonyl (C=O) groups excluding carboxylic acids is 3. The zero-order valence-corrected chi connectivity index (χ0v) is 18.8. The second-order valence-electron chi connectivity index (χ2n) is 10.6. The van der Waals surface area contributed by atoms with Gasteiger partial charge in [0, 0.05) is 0 Å². The molecule has 168 valence electrons. The minimum absolute atomic E-state index is 0.0333. The fourth-order valence-corrected chi connectivity index (χ4v) is 7.22. The van der Waals surface area contributed by atoms with Crippen LogP contribution in [-0.2, 0) is 15.0 Å². The summed E-state index contributed by atoms with van der Waals surface area (Å²) < 4.78 is 0. The van der Waals surface area contributed by atoms with Crippen LogP contribution in [0, 0.1) is 24.7 Å². The Balaban J connectivity index is 1.30. The monoisotopic (exact) mass is 440 g/mol. The fourth-order valence-electron chi connectivity index (χ4n) is 7.22. The lowest BCUT2D eigenvalue weighted by molar-refractivity contribution is -0.122. The highest BCUT2D eigenvalue weighted by Crippen LogP contribution is 2.60. The number of anilines is 1. The van der Waals surface area contributed by atoms with Crippen molar-refractivity contribution in [2.24, 2.45) is 17.8 Å². The number of urea groups is 1. The molecule has 0 radical (unpaired) electrons. The van der Waals surface area contributed by atoms with Gasteiger partial charge in [0.1, 0.15) is 5.57 Å². The molecular weight excluding hydrogens is 412 g/mol. The van der Waals surface area contributed by atoms with E-state index >= 15 is 0 Å². The summed E-state index contributed by atoms with van der Waals surface area (Å²) in [5.41, 5.74) is 3.79. The molecule has 1 aliphatic heterocycles. The van der Waals surface area contributed by atoms with Gasteiger partial charge in [0.25, 0.3) is 11.8 Å². The van der Waals surface area contributed by atoms with Crippen LogP contribution in [0.2, 0.25) is 0 Å². The topological polar surface area (TPSA) is 66.5 Å². The lowest BCUT2D eigenvalue weighted by Crippen LogP contribution is -2.54. The number of carbonyl (C=O) groups is 3. The van der Waals surface area contributed by atoms with Crippen LogP contribution in [0.5, 0.6) is 0 Å². The van der Waals surface area contributed by atoms with Crippen molar-refractivity contribution in [2.75, 3.05) is 4.90 Å². The number of nitrogens with one attached hydrogen (secondary N) is 1.